The molecule has 0 aliphatic carbocycles. The van der Waals surface area contributed by atoms with E-state index in [1.165, 1.54) is 12.1 Å². The first-order chi connectivity index (χ1) is 22.1. The number of aliphatic carboxylic acids is 1. The van der Waals surface area contributed by atoms with Crippen LogP contribution in [0.4, 0.5) is 57.1 Å². The average molecular weight is 722 g/mol. The van der Waals surface area contributed by atoms with Crippen molar-refractivity contribution in [3.8, 4) is 23.0 Å². The van der Waals surface area contributed by atoms with Crippen LogP contribution in [-0.2, 0) is 14.3 Å². The van der Waals surface area contributed by atoms with Crippen molar-refractivity contribution in [3.05, 3.63) is 48.5 Å². The lowest BCUT2D eigenvalue weighted by Gasteiger charge is -2.46. The fraction of sp³-hybridized carbons (Fsp3) is 0.519. The first-order valence-electron chi connectivity index (χ1n) is 13.1. The number of para-hydroxylation sites is 4. The summed E-state index contributed by atoms with van der Waals surface area (Å²) in [4.78, 5) is 11.3. The first kappa shape index (κ1) is 38.6. The van der Waals surface area contributed by atoms with Gasteiger partial charge in [-0.25, -0.2) is 4.79 Å². The van der Waals surface area contributed by atoms with Crippen molar-refractivity contribution in [2.24, 2.45) is 0 Å². The van der Waals surface area contributed by atoms with Gasteiger partial charge in [0.05, 0.1) is 13.2 Å². The molecule has 0 spiro atoms. The Morgan fingerprint density at radius 3 is 1.35 bits per heavy atom. The van der Waals surface area contributed by atoms with Crippen molar-refractivity contribution in [3.63, 3.8) is 0 Å². The molecule has 0 fully saturated rings. The molecule has 21 heteroatoms. The van der Waals surface area contributed by atoms with Crippen molar-refractivity contribution >= 4 is 5.97 Å². The van der Waals surface area contributed by atoms with E-state index < -0.39 is 78.7 Å². The number of carbonyl (C=O) groups is 1. The van der Waals surface area contributed by atoms with Crippen LogP contribution < -0.4 is 18.9 Å². The molecule has 1 heterocycles. The molecule has 2 aromatic rings. The Balaban J connectivity index is 2.26. The first-order valence-corrected chi connectivity index (χ1v) is 13.1. The standard InChI is InChI=1S/C27H23F13O8/c28-22(29,23(30,31)24(32,33)25(34,35)26(36,37)27(38,39)40)21(48-13-20(41)42)14-46-18-7-3-1-5-16(18)44-11-9-43-10-12-45-17-6-2-4-8-19(17)47-15-21/h1-8H,9-15H2,(H,41,42). The fourth-order valence-electron chi connectivity index (χ4n) is 3.94. The highest BCUT2D eigenvalue weighted by molar-refractivity contribution is 5.68. The minimum atomic E-state index is -8.23. The van der Waals surface area contributed by atoms with Crippen LogP contribution in [0.5, 0.6) is 23.0 Å². The molecule has 0 bridgehead atoms. The van der Waals surface area contributed by atoms with Gasteiger partial charge in [-0.2, -0.15) is 57.1 Å². The Morgan fingerprint density at radius 2 is 0.979 bits per heavy atom. The Hall–Kier alpha value is -3.88. The van der Waals surface area contributed by atoms with Crippen LogP contribution in [0, 0.1) is 0 Å². The summed E-state index contributed by atoms with van der Waals surface area (Å²) in [5.74, 6) is -43.7. The molecular weight excluding hydrogens is 699 g/mol. The zero-order valence-electron chi connectivity index (χ0n) is 23.8. The molecule has 0 unspecified atom stereocenters. The summed E-state index contributed by atoms with van der Waals surface area (Å²) in [6.07, 6.45) is -7.64. The summed E-state index contributed by atoms with van der Waals surface area (Å²) in [5.41, 5.74) is -4.69. The van der Waals surface area contributed by atoms with Crippen LogP contribution in [-0.4, -0.2) is 98.7 Å². The molecule has 0 atom stereocenters. The molecule has 1 aliphatic heterocycles. The Morgan fingerprint density at radius 1 is 0.604 bits per heavy atom. The Labute approximate surface area is 261 Å². The van der Waals surface area contributed by atoms with Crippen molar-refractivity contribution in [2.45, 2.75) is 41.4 Å². The van der Waals surface area contributed by atoms with E-state index in [9.17, 15) is 44.3 Å². The van der Waals surface area contributed by atoms with E-state index in [0.717, 1.165) is 36.4 Å². The number of carboxylic acids is 1. The van der Waals surface area contributed by atoms with E-state index >= 15 is 17.6 Å². The predicted octanol–water partition coefficient (Wildman–Crippen LogP) is 6.51. The normalized spacial score (nSPS) is 17.4. The number of hydrogen-bond acceptors (Lipinski definition) is 7. The van der Waals surface area contributed by atoms with E-state index in [2.05, 4.69) is 4.74 Å². The molecular formula is C27H23F13O8. The maximum absolute atomic E-state index is 16.0. The number of halogens is 13. The highest BCUT2D eigenvalue weighted by atomic mass is 19.4. The highest BCUT2D eigenvalue weighted by Crippen LogP contribution is 2.62. The van der Waals surface area contributed by atoms with Crippen molar-refractivity contribution in [1.82, 2.24) is 0 Å². The summed E-state index contributed by atoms with van der Waals surface area (Å²) < 4.78 is 216. The third kappa shape index (κ3) is 7.10. The van der Waals surface area contributed by atoms with Crippen LogP contribution in [0.3, 0.4) is 0 Å². The zero-order valence-corrected chi connectivity index (χ0v) is 23.8. The van der Waals surface area contributed by atoms with Gasteiger partial charge in [0.25, 0.3) is 0 Å². The third-order valence-corrected chi connectivity index (χ3v) is 6.57. The smallest absolute Gasteiger partial charge is 0.460 e. The van der Waals surface area contributed by atoms with Crippen LogP contribution in [0.1, 0.15) is 0 Å². The van der Waals surface area contributed by atoms with Gasteiger partial charge in [-0.3, -0.25) is 0 Å². The van der Waals surface area contributed by atoms with Gasteiger partial charge in [-0.1, -0.05) is 24.3 Å². The number of ether oxygens (including phenoxy) is 6. The highest BCUT2D eigenvalue weighted by Gasteiger charge is 2.93. The van der Waals surface area contributed by atoms with E-state index in [0.29, 0.717) is 0 Å². The van der Waals surface area contributed by atoms with Crippen molar-refractivity contribution < 1.29 is 95.4 Å². The van der Waals surface area contributed by atoms with E-state index in [-0.39, 0.29) is 37.9 Å². The van der Waals surface area contributed by atoms with Crippen LogP contribution in [0.15, 0.2) is 48.5 Å². The van der Waals surface area contributed by atoms with Gasteiger partial charge in [0, 0.05) is 0 Å². The molecule has 270 valence electrons. The van der Waals surface area contributed by atoms with Crippen LogP contribution in [0.2, 0.25) is 0 Å². The topological polar surface area (TPSA) is 92.7 Å². The lowest BCUT2D eigenvalue weighted by molar-refractivity contribution is -0.451. The maximum Gasteiger partial charge on any atom is 0.460 e. The number of alkyl halides is 13. The lowest BCUT2D eigenvalue weighted by Crippen LogP contribution is -2.75. The quantitative estimate of drug-likeness (QED) is 0.309. The molecule has 0 saturated heterocycles. The number of hydrogen-bond donors (Lipinski definition) is 1. The van der Waals surface area contributed by atoms with Crippen LogP contribution in [0.25, 0.3) is 0 Å². The molecule has 48 heavy (non-hydrogen) atoms. The summed E-state index contributed by atoms with van der Waals surface area (Å²) in [6.45, 7) is -7.41. The summed E-state index contributed by atoms with van der Waals surface area (Å²) in [6, 6.07) is 8.89. The molecule has 2 aromatic carbocycles. The minimum absolute atomic E-state index is 0.141. The Bertz CT molecular complexity index is 1350. The van der Waals surface area contributed by atoms with Gasteiger partial charge < -0.3 is 33.5 Å². The summed E-state index contributed by atoms with van der Waals surface area (Å²) >= 11 is 0. The maximum atomic E-state index is 16.0. The minimum Gasteiger partial charge on any atom is -0.487 e. The van der Waals surface area contributed by atoms with E-state index in [1.54, 1.807) is 0 Å². The average Bonchev–Trinajstić information content (AvgIpc) is 2.99. The monoisotopic (exact) mass is 722 g/mol. The number of carboxylic acid groups (broad SMARTS) is 1. The van der Waals surface area contributed by atoms with E-state index in [1.807, 2.05) is 0 Å². The molecule has 0 aromatic heterocycles. The Kier molecular flexibility index (Phi) is 11.2. The van der Waals surface area contributed by atoms with Gasteiger partial charge in [0.15, 0.2) is 23.0 Å². The number of rotatable bonds is 8. The van der Waals surface area contributed by atoms with Gasteiger partial charge >= 0.3 is 41.8 Å². The van der Waals surface area contributed by atoms with Crippen molar-refractivity contribution in [2.75, 3.05) is 46.2 Å². The number of fused-ring (bicyclic) bond motifs is 2. The molecule has 8 nitrogen and oxygen atoms in total. The summed E-state index contributed by atoms with van der Waals surface area (Å²) in [7, 11) is 0. The number of benzene rings is 2. The molecule has 0 radical (unpaired) electrons. The molecule has 0 amide bonds. The molecule has 3 rings (SSSR count). The second kappa shape index (κ2) is 13.9. The fourth-order valence-corrected chi connectivity index (χ4v) is 3.94. The van der Waals surface area contributed by atoms with Gasteiger partial charge in [-0.15, -0.1) is 0 Å². The van der Waals surface area contributed by atoms with Gasteiger partial charge in [0.2, 0.25) is 5.60 Å². The predicted molar refractivity (Wildman–Crippen MR) is 133 cm³/mol. The lowest BCUT2D eigenvalue weighted by atomic mass is 9.84. The molecule has 0 saturated carbocycles. The molecule has 1 N–H and O–H groups in total. The van der Waals surface area contributed by atoms with Gasteiger partial charge in [-0.05, 0) is 24.3 Å². The largest absolute Gasteiger partial charge is 0.487 e. The van der Waals surface area contributed by atoms with Crippen LogP contribution >= 0.6 is 0 Å². The zero-order chi connectivity index (χ0) is 36.2. The van der Waals surface area contributed by atoms with Gasteiger partial charge in [0.1, 0.15) is 33.0 Å². The molecule has 1 aliphatic rings. The SMILES string of the molecule is O=C(O)COC1(C(F)(F)C(F)(F)C(F)(F)C(F)(F)C(F)(F)C(F)(F)F)COc2ccccc2OCCOCCOc2ccccc2OC1. The van der Waals surface area contributed by atoms with E-state index in [4.69, 9.17) is 28.8 Å². The second-order valence-electron chi connectivity index (χ2n) is 9.83. The summed E-state index contributed by atoms with van der Waals surface area (Å²) in [5, 5.41) is 9.08. The van der Waals surface area contributed by atoms with Crippen molar-refractivity contribution in [1.29, 1.82) is 0 Å². The second-order valence-corrected chi connectivity index (χ2v) is 9.83. The third-order valence-electron chi connectivity index (χ3n) is 6.57.